The molecule has 2 rings (SSSR count). The van der Waals surface area contributed by atoms with Crippen molar-refractivity contribution in [3.63, 3.8) is 0 Å². The van der Waals surface area contributed by atoms with Crippen molar-refractivity contribution in [3.8, 4) is 17.9 Å². The second-order valence-electron chi connectivity index (χ2n) is 4.34. The largest absolute Gasteiger partial charge is 0.497 e. The van der Waals surface area contributed by atoms with Crippen molar-refractivity contribution in [1.82, 2.24) is 9.55 Å². The van der Waals surface area contributed by atoms with Crippen molar-refractivity contribution in [1.29, 1.82) is 10.5 Å². The first kappa shape index (κ1) is 14.3. The SMILES string of the molecule is COc1ccc(C(=O)C(C)n2cnc(C#N)c2C#N)cc1. The van der Waals surface area contributed by atoms with Crippen LogP contribution in [-0.4, -0.2) is 22.4 Å². The monoisotopic (exact) mass is 280 g/mol. The van der Waals surface area contributed by atoms with Crippen molar-refractivity contribution in [2.45, 2.75) is 13.0 Å². The number of Topliss-reactive ketones (excluding diaryl/α,β-unsaturated/α-hetero) is 1. The van der Waals surface area contributed by atoms with Crippen molar-refractivity contribution in [2.24, 2.45) is 0 Å². The van der Waals surface area contributed by atoms with E-state index in [2.05, 4.69) is 4.98 Å². The molecule has 0 spiro atoms. The smallest absolute Gasteiger partial charge is 0.185 e. The average molecular weight is 280 g/mol. The van der Waals surface area contributed by atoms with Gasteiger partial charge < -0.3 is 9.30 Å². The molecular weight excluding hydrogens is 268 g/mol. The van der Waals surface area contributed by atoms with Gasteiger partial charge in [0, 0.05) is 5.56 Å². The van der Waals surface area contributed by atoms with Crippen molar-refractivity contribution in [3.05, 3.63) is 47.5 Å². The van der Waals surface area contributed by atoms with Crippen molar-refractivity contribution < 1.29 is 9.53 Å². The lowest BCUT2D eigenvalue weighted by Crippen LogP contribution is -2.17. The fourth-order valence-electron chi connectivity index (χ4n) is 1.97. The number of nitrogens with zero attached hydrogens (tertiary/aromatic N) is 4. The van der Waals surface area contributed by atoms with Crippen LogP contribution in [0.1, 0.15) is 34.7 Å². The fraction of sp³-hybridized carbons (Fsp3) is 0.200. The highest BCUT2D eigenvalue weighted by Gasteiger charge is 2.21. The molecule has 0 N–H and O–H groups in total. The van der Waals surface area contributed by atoms with Crippen LogP contribution in [0.5, 0.6) is 5.75 Å². The molecule has 0 fully saturated rings. The number of ether oxygens (including phenoxy) is 1. The average Bonchev–Trinajstić information content (AvgIpc) is 2.96. The normalized spacial score (nSPS) is 11.2. The number of imidazole rings is 1. The summed E-state index contributed by atoms with van der Waals surface area (Å²) in [6.45, 7) is 1.66. The topological polar surface area (TPSA) is 91.7 Å². The molecule has 6 heteroatoms. The summed E-state index contributed by atoms with van der Waals surface area (Å²) >= 11 is 0. The third kappa shape index (κ3) is 2.60. The molecule has 0 saturated heterocycles. The van der Waals surface area contributed by atoms with Gasteiger partial charge in [0.05, 0.1) is 19.5 Å². The van der Waals surface area contributed by atoms with Gasteiger partial charge in [-0.25, -0.2) is 4.98 Å². The molecule has 0 saturated carbocycles. The summed E-state index contributed by atoms with van der Waals surface area (Å²) in [6.07, 6.45) is 1.34. The molecule has 1 aromatic heterocycles. The van der Waals surface area contributed by atoms with Crippen LogP contribution < -0.4 is 4.74 Å². The van der Waals surface area contributed by atoms with Crippen LogP contribution in [0, 0.1) is 22.7 Å². The van der Waals surface area contributed by atoms with Gasteiger partial charge >= 0.3 is 0 Å². The maximum absolute atomic E-state index is 12.4. The molecule has 0 aliphatic rings. The summed E-state index contributed by atoms with van der Waals surface area (Å²) in [5.74, 6) is 0.488. The summed E-state index contributed by atoms with van der Waals surface area (Å²) < 4.78 is 6.45. The van der Waals surface area contributed by atoms with Crippen LogP contribution in [0.25, 0.3) is 0 Å². The molecule has 2 aromatic rings. The van der Waals surface area contributed by atoms with Gasteiger partial charge in [-0.15, -0.1) is 0 Å². The number of ketones is 1. The molecule has 0 radical (unpaired) electrons. The molecule has 1 atom stereocenters. The lowest BCUT2D eigenvalue weighted by molar-refractivity contribution is 0.0934. The summed E-state index contributed by atoms with van der Waals surface area (Å²) in [4.78, 5) is 16.3. The minimum absolute atomic E-state index is 0.0203. The zero-order valence-corrected chi connectivity index (χ0v) is 11.6. The second kappa shape index (κ2) is 5.89. The molecule has 0 aliphatic carbocycles. The van der Waals surface area contributed by atoms with E-state index in [0.29, 0.717) is 11.3 Å². The third-order valence-electron chi connectivity index (χ3n) is 3.18. The number of carbonyl (C=O) groups excluding carboxylic acids is 1. The van der Waals surface area contributed by atoms with E-state index in [0.717, 1.165) is 0 Å². The Morgan fingerprint density at radius 3 is 2.48 bits per heavy atom. The molecule has 1 unspecified atom stereocenters. The fourth-order valence-corrected chi connectivity index (χ4v) is 1.97. The highest BCUT2D eigenvalue weighted by molar-refractivity contribution is 5.99. The van der Waals surface area contributed by atoms with Gasteiger partial charge in [-0.05, 0) is 31.2 Å². The molecule has 1 heterocycles. The number of carbonyl (C=O) groups is 1. The van der Waals surface area contributed by atoms with Crippen LogP contribution in [-0.2, 0) is 0 Å². The Kier molecular flexibility index (Phi) is 4.01. The van der Waals surface area contributed by atoms with Gasteiger partial charge in [-0.3, -0.25) is 4.79 Å². The quantitative estimate of drug-likeness (QED) is 0.799. The van der Waals surface area contributed by atoms with Crippen LogP contribution in [0.2, 0.25) is 0 Å². The molecule has 21 heavy (non-hydrogen) atoms. The van der Waals surface area contributed by atoms with Gasteiger partial charge in [-0.2, -0.15) is 10.5 Å². The first-order chi connectivity index (χ1) is 10.1. The number of methoxy groups -OCH3 is 1. The minimum atomic E-state index is -0.623. The summed E-state index contributed by atoms with van der Waals surface area (Å²) in [7, 11) is 1.55. The van der Waals surface area contributed by atoms with Crippen LogP contribution >= 0.6 is 0 Å². The highest BCUT2D eigenvalue weighted by atomic mass is 16.5. The van der Waals surface area contributed by atoms with E-state index in [4.69, 9.17) is 15.3 Å². The summed E-state index contributed by atoms with van der Waals surface area (Å²) in [5, 5.41) is 18.0. The molecule has 0 aliphatic heterocycles. The Morgan fingerprint density at radius 2 is 1.95 bits per heavy atom. The van der Waals surface area contributed by atoms with Crippen LogP contribution in [0.4, 0.5) is 0 Å². The molecular formula is C15H12N4O2. The lowest BCUT2D eigenvalue weighted by Gasteiger charge is -2.13. The number of rotatable bonds is 4. The summed E-state index contributed by atoms with van der Waals surface area (Å²) in [6, 6.07) is 9.82. The number of hydrogen-bond acceptors (Lipinski definition) is 5. The molecule has 0 bridgehead atoms. The van der Waals surface area contributed by atoms with Gasteiger partial charge in [0.25, 0.3) is 0 Å². The molecule has 104 valence electrons. The number of hydrogen-bond donors (Lipinski definition) is 0. The Labute approximate surface area is 121 Å². The van der Waals surface area contributed by atoms with E-state index in [1.54, 1.807) is 38.3 Å². The third-order valence-corrected chi connectivity index (χ3v) is 3.18. The Hall–Kier alpha value is -3.12. The van der Waals surface area contributed by atoms with E-state index in [1.165, 1.54) is 10.9 Å². The first-order valence-electron chi connectivity index (χ1n) is 6.17. The van der Waals surface area contributed by atoms with Crippen LogP contribution in [0.15, 0.2) is 30.6 Å². The second-order valence-corrected chi connectivity index (χ2v) is 4.34. The Bertz CT molecular complexity index is 747. The van der Waals surface area contributed by atoms with Gasteiger partial charge in [-0.1, -0.05) is 0 Å². The summed E-state index contributed by atoms with van der Waals surface area (Å²) in [5.41, 5.74) is 0.609. The van der Waals surface area contributed by atoms with Crippen LogP contribution in [0.3, 0.4) is 0 Å². The predicted molar refractivity (Wildman–Crippen MR) is 73.7 cm³/mol. The van der Waals surface area contributed by atoms with E-state index in [9.17, 15) is 4.79 Å². The van der Waals surface area contributed by atoms with Crippen molar-refractivity contribution >= 4 is 5.78 Å². The van der Waals surface area contributed by atoms with Crippen molar-refractivity contribution in [2.75, 3.05) is 7.11 Å². The zero-order chi connectivity index (χ0) is 15.4. The molecule has 6 nitrogen and oxygen atoms in total. The van der Waals surface area contributed by atoms with Gasteiger partial charge in [0.2, 0.25) is 0 Å². The zero-order valence-electron chi connectivity index (χ0n) is 11.6. The maximum Gasteiger partial charge on any atom is 0.185 e. The van der Waals surface area contributed by atoms with E-state index in [-0.39, 0.29) is 17.2 Å². The van der Waals surface area contributed by atoms with Gasteiger partial charge in [0.1, 0.15) is 17.9 Å². The van der Waals surface area contributed by atoms with E-state index < -0.39 is 6.04 Å². The Morgan fingerprint density at radius 1 is 1.29 bits per heavy atom. The predicted octanol–water partition coefficient (Wildman–Crippen LogP) is 2.08. The van der Waals surface area contributed by atoms with Gasteiger partial charge in [0.15, 0.2) is 17.2 Å². The first-order valence-corrected chi connectivity index (χ1v) is 6.17. The number of benzene rings is 1. The Balaban J connectivity index is 2.33. The lowest BCUT2D eigenvalue weighted by atomic mass is 10.0. The molecule has 0 amide bonds. The van der Waals surface area contributed by atoms with E-state index in [1.807, 2.05) is 12.1 Å². The van der Waals surface area contributed by atoms with E-state index >= 15 is 0 Å². The number of aromatic nitrogens is 2. The minimum Gasteiger partial charge on any atom is -0.497 e. The standard InChI is InChI=1S/C15H12N4O2/c1-10(19-9-18-13(7-16)14(19)8-17)15(20)11-3-5-12(21-2)6-4-11/h3-6,9-10H,1-2H3. The highest BCUT2D eigenvalue weighted by Crippen LogP contribution is 2.20. The number of nitriles is 2. The molecule has 1 aromatic carbocycles. The maximum atomic E-state index is 12.4.